The Bertz CT molecular complexity index is 730. The molecule has 0 radical (unpaired) electrons. The smallest absolute Gasteiger partial charge is 0.266 e. The van der Waals surface area contributed by atoms with Gasteiger partial charge in [-0.2, -0.15) is 0 Å². The Morgan fingerprint density at radius 1 is 1.55 bits per heavy atom. The summed E-state index contributed by atoms with van der Waals surface area (Å²) in [6, 6.07) is 1.44. The standard InChI is InChI=1S/C14H21N5O3/c1-8-11(7-16-13(20)4-10(6-15)22-3)9(2)19-12(17-8)5-14(21)18-19/h5,10H,4,6-7,15H2,1-3H3,(H,16,20)(H,18,21). The first-order valence-corrected chi connectivity index (χ1v) is 7.03. The number of hydrogen-bond donors (Lipinski definition) is 3. The van der Waals surface area contributed by atoms with Crippen LogP contribution < -0.4 is 16.6 Å². The van der Waals surface area contributed by atoms with E-state index in [0.29, 0.717) is 18.7 Å². The van der Waals surface area contributed by atoms with Crippen molar-refractivity contribution < 1.29 is 9.53 Å². The van der Waals surface area contributed by atoms with Gasteiger partial charge in [-0.1, -0.05) is 0 Å². The van der Waals surface area contributed by atoms with Crippen molar-refractivity contribution in [3.05, 3.63) is 33.4 Å². The third kappa shape index (κ3) is 3.34. The molecule has 8 heteroatoms. The average molecular weight is 307 g/mol. The molecule has 2 aromatic heterocycles. The van der Waals surface area contributed by atoms with E-state index >= 15 is 0 Å². The van der Waals surface area contributed by atoms with Gasteiger partial charge in [-0.25, -0.2) is 9.50 Å². The van der Waals surface area contributed by atoms with E-state index < -0.39 is 0 Å². The Balaban J connectivity index is 2.14. The lowest BCUT2D eigenvalue weighted by Crippen LogP contribution is -2.32. The molecule has 2 rings (SSSR count). The van der Waals surface area contributed by atoms with Crippen LogP contribution in [0, 0.1) is 13.8 Å². The molecule has 0 saturated heterocycles. The van der Waals surface area contributed by atoms with Crippen LogP contribution in [-0.4, -0.2) is 40.3 Å². The summed E-state index contributed by atoms with van der Waals surface area (Å²) in [6.07, 6.45) is -0.0789. The van der Waals surface area contributed by atoms with E-state index in [1.807, 2.05) is 13.8 Å². The third-order valence-corrected chi connectivity index (χ3v) is 3.67. The lowest BCUT2D eigenvalue weighted by Gasteiger charge is -2.15. The molecule has 1 amide bonds. The van der Waals surface area contributed by atoms with Gasteiger partial charge < -0.3 is 15.8 Å². The Labute approximate surface area is 127 Å². The van der Waals surface area contributed by atoms with E-state index in [1.54, 1.807) is 4.52 Å². The van der Waals surface area contributed by atoms with Crippen molar-refractivity contribution in [1.82, 2.24) is 19.9 Å². The van der Waals surface area contributed by atoms with Crippen LogP contribution in [-0.2, 0) is 16.1 Å². The van der Waals surface area contributed by atoms with Crippen LogP contribution in [0.15, 0.2) is 10.9 Å². The van der Waals surface area contributed by atoms with E-state index in [4.69, 9.17) is 10.5 Å². The lowest BCUT2D eigenvalue weighted by molar-refractivity contribution is -0.123. The van der Waals surface area contributed by atoms with Gasteiger partial charge in [-0.15, -0.1) is 0 Å². The summed E-state index contributed by atoms with van der Waals surface area (Å²) >= 11 is 0. The number of aromatic nitrogens is 3. The summed E-state index contributed by atoms with van der Waals surface area (Å²) in [4.78, 5) is 27.7. The lowest BCUT2D eigenvalue weighted by atomic mass is 10.1. The number of aryl methyl sites for hydroxylation is 2. The molecule has 8 nitrogen and oxygen atoms in total. The quantitative estimate of drug-likeness (QED) is 0.673. The van der Waals surface area contributed by atoms with Gasteiger partial charge in [-0.3, -0.25) is 14.7 Å². The van der Waals surface area contributed by atoms with Crippen molar-refractivity contribution in [2.24, 2.45) is 5.73 Å². The van der Waals surface area contributed by atoms with E-state index in [9.17, 15) is 9.59 Å². The van der Waals surface area contributed by atoms with Gasteiger partial charge in [0.15, 0.2) is 5.65 Å². The number of amides is 1. The van der Waals surface area contributed by atoms with Crippen molar-refractivity contribution in [3.63, 3.8) is 0 Å². The van der Waals surface area contributed by atoms with Crippen molar-refractivity contribution in [2.75, 3.05) is 13.7 Å². The van der Waals surface area contributed by atoms with Crippen LogP contribution in [0.5, 0.6) is 0 Å². The summed E-state index contributed by atoms with van der Waals surface area (Å²) < 4.78 is 6.71. The number of methoxy groups -OCH3 is 1. The number of nitrogens with two attached hydrogens (primary N) is 1. The number of carbonyl (C=O) groups excluding carboxylic acids is 1. The maximum absolute atomic E-state index is 11.9. The van der Waals surface area contributed by atoms with Crippen molar-refractivity contribution in [1.29, 1.82) is 0 Å². The molecular formula is C14H21N5O3. The van der Waals surface area contributed by atoms with E-state index in [-0.39, 0.29) is 24.0 Å². The highest BCUT2D eigenvalue weighted by Crippen LogP contribution is 2.12. The van der Waals surface area contributed by atoms with Crippen LogP contribution in [0.2, 0.25) is 0 Å². The zero-order valence-corrected chi connectivity index (χ0v) is 13.0. The van der Waals surface area contributed by atoms with Gasteiger partial charge in [0.2, 0.25) is 5.91 Å². The third-order valence-electron chi connectivity index (χ3n) is 3.67. The highest BCUT2D eigenvalue weighted by molar-refractivity contribution is 5.76. The highest BCUT2D eigenvalue weighted by atomic mass is 16.5. The fourth-order valence-corrected chi connectivity index (χ4v) is 2.34. The molecule has 120 valence electrons. The molecule has 0 fully saturated rings. The van der Waals surface area contributed by atoms with Gasteiger partial charge in [0.25, 0.3) is 5.56 Å². The number of nitrogens with zero attached hydrogens (tertiary/aromatic N) is 2. The largest absolute Gasteiger partial charge is 0.380 e. The number of rotatable bonds is 6. The van der Waals surface area contributed by atoms with Crippen LogP contribution in [0.1, 0.15) is 23.4 Å². The normalized spacial score (nSPS) is 12.5. The molecule has 0 saturated carbocycles. The first-order valence-electron chi connectivity index (χ1n) is 7.03. The molecule has 2 heterocycles. The number of fused-ring (bicyclic) bond motifs is 1. The molecule has 0 spiro atoms. The van der Waals surface area contributed by atoms with Crippen molar-refractivity contribution in [2.45, 2.75) is 32.9 Å². The molecule has 22 heavy (non-hydrogen) atoms. The number of nitrogens with one attached hydrogen (secondary N) is 2. The summed E-state index contributed by atoms with van der Waals surface area (Å²) in [6.45, 7) is 4.35. The van der Waals surface area contributed by atoms with Gasteiger partial charge in [0.05, 0.1) is 12.5 Å². The monoisotopic (exact) mass is 307 g/mol. The Kier molecular flexibility index (Phi) is 4.94. The predicted octanol–water partition coefficient (Wildman–Crippen LogP) is -0.381. The number of H-pyrrole nitrogens is 1. The van der Waals surface area contributed by atoms with Gasteiger partial charge in [-0.05, 0) is 13.8 Å². The minimum Gasteiger partial charge on any atom is -0.380 e. The second-order valence-corrected chi connectivity index (χ2v) is 5.15. The Morgan fingerprint density at radius 2 is 2.27 bits per heavy atom. The maximum atomic E-state index is 11.9. The second kappa shape index (κ2) is 6.71. The summed E-state index contributed by atoms with van der Waals surface area (Å²) in [7, 11) is 1.53. The van der Waals surface area contributed by atoms with Gasteiger partial charge in [0.1, 0.15) is 0 Å². The molecule has 0 bridgehead atoms. The summed E-state index contributed by atoms with van der Waals surface area (Å²) in [5, 5.41) is 5.51. The van der Waals surface area contributed by atoms with Crippen molar-refractivity contribution >= 4 is 11.6 Å². The van der Waals surface area contributed by atoms with Crippen LogP contribution in [0.4, 0.5) is 0 Å². The van der Waals surface area contributed by atoms with Gasteiger partial charge >= 0.3 is 0 Å². The van der Waals surface area contributed by atoms with E-state index in [2.05, 4.69) is 15.4 Å². The molecule has 0 aliphatic heterocycles. The van der Waals surface area contributed by atoms with Crippen molar-refractivity contribution in [3.8, 4) is 0 Å². The molecular weight excluding hydrogens is 286 g/mol. The zero-order valence-electron chi connectivity index (χ0n) is 13.0. The van der Waals surface area contributed by atoms with E-state index in [0.717, 1.165) is 17.0 Å². The Hall–Kier alpha value is -2.19. The molecule has 0 aromatic carbocycles. The summed E-state index contributed by atoms with van der Waals surface area (Å²) in [5.41, 5.74) is 8.35. The predicted molar refractivity (Wildman–Crippen MR) is 81.6 cm³/mol. The molecule has 0 aliphatic rings. The molecule has 0 aliphatic carbocycles. The Morgan fingerprint density at radius 3 is 2.91 bits per heavy atom. The minimum atomic E-state index is -0.288. The average Bonchev–Trinajstić information content (AvgIpc) is 2.85. The summed E-state index contributed by atoms with van der Waals surface area (Å²) in [5.74, 6) is -0.141. The SMILES string of the molecule is COC(CN)CC(=O)NCc1c(C)nc2cc(=O)[nH]n2c1C. The van der Waals surface area contributed by atoms with Crippen LogP contribution in [0.25, 0.3) is 5.65 Å². The molecule has 1 atom stereocenters. The topological polar surface area (TPSA) is 115 Å². The van der Waals surface area contributed by atoms with Crippen LogP contribution >= 0.6 is 0 Å². The van der Waals surface area contributed by atoms with E-state index in [1.165, 1.54) is 13.2 Å². The van der Waals surface area contributed by atoms with Crippen LogP contribution in [0.3, 0.4) is 0 Å². The molecule has 1 unspecified atom stereocenters. The number of carbonyl (C=O) groups is 1. The molecule has 2 aromatic rings. The fraction of sp³-hybridized carbons (Fsp3) is 0.500. The number of hydrogen-bond acceptors (Lipinski definition) is 5. The minimum absolute atomic E-state index is 0.141. The second-order valence-electron chi connectivity index (χ2n) is 5.15. The first-order chi connectivity index (χ1) is 10.5. The maximum Gasteiger partial charge on any atom is 0.266 e. The fourth-order valence-electron chi connectivity index (χ4n) is 2.34. The van der Waals surface area contributed by atoms with Gasteiger partial charge in [0, 0.05) is 43.2 Å². The highest BCUT2D eigenvalue weighted by Gasteiger charge is 2.14. The first kappa shape index (κ1) is 16.2. The molecule has 4 N–H and O–H groups in total. The number of ether oxygens (including phenoxy) is 1. The number of aromatic amines is 1. The zero-order chi connectivity index (χ0) is 16.3.